The van der Waals surface area contributed by atoms with E-state index in [1.807, 2.05) is 0 Å². The quantitative estimate of drug-likeness (QED) is 0.534. The van der Waals surface area contributed by atoms with Gasteiger partial charge >= 0.3 is 12.1 Å². The summed E-state index contributed by atoms with van der Waals surface area (Å²) in [4.78, 5) is 19.8. The van der Waals surface area contributed by atoms with Crippen LogP contribution in [0.3, 0.4) is 0 Å². The van der Waals surface area contributed by atoms with Gasteiger partial charge in [-0.05, 0) is 6.92 Å². The first-order valence-electron chi connectivity index (χ1n) is 2.23. The molecule has 0 aliphatic rings. The van der Waals surface area contributed by atoms with Crippen molar-refractivity contribution in [2.24, 2.45) is 5.73 Å². The van der Waals surface area contributed by atoms with Crippen LogP contribution in [0.15, 0.2) is 0 Å². The van der Waals surface area contributed by atoms with E-state index in [-0.39, 0.29) is 0 Å². The van der Waals surface area contributed by atoms with Crippen LogP contribution in [0.2, 0.25) is 0 Å². The van der Waals surface area contributed by atoms with Crippen molar-refractivity contribution in [3.63, 3.8) is 0 Å². The van der Waals surface area contributed by atoms with Gasteiger partial charge in [0.15, 0.2) is 6.10 Å². The lowest BCUT2D eigenvalue weighted by atomic mass is 10.4. The first-order valence-corrected chi connectivity index (χ1v) is 2.23. The van der Waals surface area contributed by atoms with Crippen molar-refractivity contribution in [2.75, 3.05) is 0 Å². The minimum absolute atomic E-state index is 1.08. The Hall–Kier alpha value is -1.26. The molecule has 0 heterocycles. The Morgan fingerprint density at radius 1 is 1.67 bits per heavy atom. The van der Waals surface area contributed by atoms with Gasteiger partial charge in [-0.25, -0.2) is 9.59 Å². The fraction of sp³-hybridized carbons (Fsp3) is 0.500. The van der Waals surface area contributed by atoms with E-state index in [0.717, 1.165) is 0 Å². The number of aliphatic carboxylic acids is 1. The minimum Gasteiger partial charge on any atom is -0.479 e. The summed E-state index contributed by atoms with van der Waals surface area (Å²) in [7, 11) is 0. The molecule has 0 saturated heterocycles. The number of primary amides is 1. The van der Waals surface area contributed by atoms with Gasteiger partial charge in [-0.3, -0.25) is 0 Å². The Morgan fingerprint density at radius 2 is 2.11 bits per heavy atom. The van der Waals surface area contributed by atoms with Crippen LogP contribution in [-0.2, 0) is 9.53 Å². The van der Waals surface area contributed by atoms with Gasteiger partial charge in [0.2, 0.25) is 0 Å². The molecule has 0 bridgehead atoms. The largest absolute Gasteiger partial charge is 0.479 e. The second-order valence-corrected chi connectivity index (χ2v) is 1.42. The zero-order valence-corrected chi connectivity index (χ0v) is 4.83. The van der Waals surface area contributed by atoms with Gasteiger partial charge in [-0.1, -0.05) is 0 Å². The molecule has 1 unspecified atom stereocenters. The third kappa shape index (κ3) is 3.33. The lowest BCUT2D eigenvalue weighted by molar-refractivity contribution is -0.145. The molecule has 0 fully saturated rings. The summed E-state index contributed by atoms with van der Waals surface area (Å²) in [6, 6.07) is 0. The number of amides is 1. The summed E-state index contributed by atoms with van der Waals surface area (Å²) in [5, 5.41) is 8.10. The van der Waals surface area contributed by atoms with Gasteiger partial charge < -0.3 is 15.6 Å². The monoisotopic (exact) mass is 133 g/mol. The third-order valence-corrected chi connectivity index (χ3v) is 0.641. The van der Waals surface area contributed by atoms with Crippen LogP contribution >= 0.6 is 0 Å². The number of carboxylic acids is 1. The number of carboxylic acid groups (broad SMARTS) is 1. The Bertz CT molecular complexity index is 133. The van der Waals surface area contributed by atoms with Gasteiger partial charge in [-0.15, -0.1) is 0 Å². The van der Waals surface area contributed by atoms with Crippen LogP contribution in [0.5, 0.6) is 0 Å². The van der Waals surface area contributed by atoms with Crippen LogP contribution < -0.4 is 5.73 Å². The van der Waals surface area contributed by atoms with Crippen LogP contribution in [0.25, 0.3) is 0 Å². The van der Waals surface area contributed by atoms with Gasteiger partial charge in [0, 0.05) is 0 Å². The molecule has 5 heteroatoms. The van der Waals surface area contributed by atoms with Crippen molar-refractivity contribution in [2.45, 2.75) is 13.0 Å². The van der Waals surface area contributed by atoms with Crippen molar-refractivity contribution in [3.05, 3.63) is 0 Å². The summed E-state index contributed by atoms with van der Waals surface area (Å²) < 4.78 is 4.05. The molecule has 0 aromatic carbocycles. The number of nitrogens with two attached hydrogens (primary N) is 1. The predicted molar refractivity (Wildman–Crippen MR) is 27.8 cm³/mol. The highest BCUT2D eigenvalue weighted by Gasteiger charge is 2.12. The zero-order valence-electron chi connectivity index (χ0n) is 4.83. The normalized spacial score (nSPS) is 12.1. The van der Waals surface area contributed by atoms with E-state index < -0.39 is 18.2 Å². The van der Waals surface area contributed by atoms with E-state index in [0.29, 0.717) is 0 Å². The molecule has 0 radical (unpaired) electrons. The van der Waals surface area contributed by atoms with E-state index in [1.165, 1.54) is 6.92 Å². The molecule has 3 N–H and O–H groups in total. The van der Waals surface area contributed by atoms with Crippen LogP contribution in [-0.4, -0.2) is 23.3 Å². The lowest BCUT2D eigenvalue weighted by Crippen LogP contribution is -2.26. The molecule has 0 saturated carbocycles. The summed E-state index contributed by atoms with van der Waals surface area (Å²) in [6.45, 7) is 1.22. The summed E-state index contributed by atoms with van der Waals surface area (Å²) in [6.07, 6.45) is -2.24. The molecule has 0 rings (SSSR count). The molecule has 0 aromatic heterocycles. The number of ether oxygens (including phenoxy) is 1. The summed E-state index contributed by atoms with van der Waals surface area (Å²) in [5.74, 6) is -1.21. The van der Waals surface area contributed by atoms with Crippen LogP contribution in [0, 0.1) is 0 Å². The van der Waals surface area contributed by atoms with Gasteiger partial charge in [-0.2, -0.15) is 0 Å². The number of carbonyl (C=O) groups is 2. The van der Waals surface area contributed by atoms with E-state index in [1.54, 1.807) is 0 Å². The van der Waals surface area contributed by atoms with Gasteiger partial charge in [0.1, 0.15) is 0 Å². The molecule has 1 atom stereocenters. The average molecular weight is 133 g/mol. The second-order valence-electron chi connectivity index (χ2n) is 1.42. The molecular weight excluding hydrogens is 126 g/mol. The molecule has 52 valence electrons. The van der Waals surface area contributed by atoms with E-state index >= 15 is 0 Å². The van der Waals surface area contributed by atoms with Gasteiger partial charge in [0.05, 0.1) is 0 Å². The van der Waals surface area contributed by atoms with E-state index in [4.69, 9.17) is 5.11 Å². The standard InChI is InChI=1S/C4H7NO4/c1-2(3(6)7)9-4(5)8/h2H,1H3,(H2,5,8)(H,6,7). The van der Waals surface area contributed by atoms with E-state index in [2.05, 4.69) is 10.5 Å². The maximum absolute atomic E-state index is 9.90. The first-order chi connectivity index (χ1) is 4.04. The summed E-state index contributed by atoms with van der Waals surface area (Å²) >= 11 is 0. The highest BCUT2D eigenvalue weighted by Crippen LogP contribution is 1.88. The molecule has 9 heavy (non-hydrogen) atoms. The number of hydrogen-bond donors (Lipinski definition) is 2. The van der Waals surface area contributed by atoms with Crippen LogP contribution in [0.4, 0.5) is 4.79 Å². The lowest BCUT2D eigenvalue weighted by Gasteiger charge is -2.03. The average Bonchev–Trinajstić information content (AvgIpc) is 1.63. The number of hydrogen-bond acceptors (Lipinski definition) is 3. The number of carbonyl (C=O) groups excluding carboxylic acids is 1. The molecular formula is C4H7NO4. The van der Waals surface area contributed by atoms with Crippen molar-refractivity contribution < 1.29 is 19.4 Å². The molecule has 0 spiro atoms. The minimum atomic E-state index is -1.21. The Labute approximate surface area is 51.4 Å². The molecule has 1 amide bonds. The maximum atomic E-state index is 9.90. The van der Waals surface area contributed by atoms with Crippen LogP contribution in [0.1, 0.15) is 6.92 Å². The van der Waals surface area contributed by atoms with E-state index in [9.17, 15) is 9.59 Å². The predicted octanol–water partition coefficient (Wildman–Crippen LogP) is -0.445. The fourth-order valence-corrected chi connectivity index (χ4v) is 0.225. The molecule has 0 aliphatic heterocycles. The Kier molecular flexibility index (Phi) is 2.50. The highest BCUT2D eigenvalue weighted by molar-refractivity contribution is 5.76. The third-order valence-electron chi connectivity index (χ3n) is 0.641. The molecule has 5 nitrogen and oxygen atoms in total. The molecule has 0 aliphatic carbocycles. The summed E-state index contributed by atoms with van der Waals surface area (Å²) in [5.41, 5.74) is 4.51. The first kappa shape index (κ1) is 7.74. The zero-order chi connectivity index (χ0) is 7.44. The van der Waals surface area contributed by atoms with Gasteiger partial charge in [0.25, 0.3) is 0 Å². The maximum Gasteiger partial charge on any atom is 0.405 e. The van der Waals surface area contributed by atoms with Crippen molar-refractivity contribution >= 4 is 12.1 Å². The number of rotatable bonds is 2. The van der Waals surface area contributed by atoms with Crippen molar-refractivity contribution in [1.29, 1.82) is 0 Å². The van der Waals surface area contributed by atoms with Crippen molar-refractivity contribution in [3.8, 4) is 0 Å². The Balaban J connectivity index is 3.63. The highest BCUT2D eigenvalue weighted by atomic mass is 16.6. The topological polar surface area (TPSA) is 89.6 Å². The SMILES string of the molecule is CC(OC(N)=O)C(=O)O. The Morgan fingerprint density at radius 3 is 2.22 bits per heavy atom. The second kappa shape index (κ2) is 2.91. The smallest absolute Gasteiger partial charge is 0.405 e. The van der Waals surface area contributed by atoms with Crippen molar-refractivity contribution in [1.82, 2.24) is 0 Å². The molecule has 0 aromatic rings. The fourth-order valence-electron chi connectivity index (χ4n) is 0.225.